The molecule has 382 valence electrons. The predicted octanol–water partition coefficient (Wildman–Crippen LogP) is 4.04. The van der Waals surface area contributed by atoms with Crippen LogP contribution in [0.3, 0.4) is 0 Å². The molecule has 15 unspecified atom stereocenters. The Morgan fingerprint density at radius 3 is 2.18 bits per heavy atom. The molecule has 0 aromatic rings. The van der Waals surface area contributed by atoms with Crippen LogP contribution in [-0.2, 0) is 42.8 Å². The summed E-state index contributed by atoms with van der Waals surface area (Å²) < 4.78 is 37.6. The summed E-state index contributed by atoms with van der Waals surface area (Å²) >= 11 is 0. The van der Waals surface area contributed by atoms with E-state index in [0.29, 0.717) is 25.2 Å². The van der Waals surface area contributed by atoms with Gasteiger partial charge < -0.3 is 69.0 Å². The number of carboxylic acid groups (broad SMARTS) is 1. The van der Waals surface area contributed by atoms with Crippen LogP contribution < -0.4 is 5.48 Å². The number of hydroxylamine groups is 1. The molecule has 67 heavy (non-hydrogen) atoms. The van der Waals surface area contributed by atoms with Gasteiger partial charge in [0.1, 0.15) is 48.8 Å². The maximum Gasteiger partial charge on any atom is 0.321 e. The number of hydrogen-bond donors (Lipinski definition) is 8. The number of carbonyl (C=O) groups is 2. The fraction of sp³-hybridized carbons (Fsp3) is 0.880. The molecule has 17 nitrogen and oxygen atoms in total. The second kappa shape index (κ2) is 19.8. The van der Waals surface area contributed by atoms with Crippen molar-refractivity contribution in [1.29, 1.82) is 0 Å². The predicted molar refractivity (Wildman–Crippen MR) is 241 cm³/mol. The lowest BCUT2D eigenvalue weighted by Crippen LogP contribution is -2.67. The van der Waals surface area contributed by atoms with Crippen molar-refractivity contribution in [3.8, 4) is 0 Å². The maximum absolute atomic E-state index is 14.0. The van der Waals surface area contributed by atoms with Crippen molar-refractivity contribution in [2.75, 3.05) is 19.8 Å². The average Bonchev–Trinajstić information content (AvgIpc) is 3.58. The first-order valence-corrected chi connectivity index (χ1v) is 24.8. The molecular formula is C50H81NO16. The monoisotopic (exact) mass is 952 g/mol. The third kappa shape index (κ3) is 9.58. The molecule has 8 N–H and O–H groups in total. The van der Waals surface area contributed by atoms with Crippen molar-refractivity contribution >= 4 is 11.9 Å². The van der Waals surface area contributed by atoms with Gasteiger partial charge in [-0.2, -0.15) is 0 Å². The highest BCUT2D eigenvalue weighted by molar-refractivity contribution is 5.82. The number of rotatable bonds is 14. The molecule has 0 radical (unpaired) electrons. The summed E-state index contributed by atoms with van der Waals surface area (Å²) in [6.45, 7) is 22.3. The number of allylic oxidation sites excluding steroid dienone is 2. The molecule has 4 aliphatic carbocycles. The summed E-state index contributed by atoms with van der Waals surface area (Å²) in [6, 6.07) is -1.41. The Morgan fingerprint density at radius 1 is 0.851 bits per heavy atom. The number of ether oxygens (including phenoxy) is 6. The first kappa shape index (κ1) is 52.7. The molecule has 3 aliphatic heterocycles. The van der Waals surface area contributed by atoms with Crippen molar-refractivity contribution in [1.82, 2.24) is 5.48 Å². The highest BCUT2D eigenvalue weighted by Crippen LogP contribution is 2.73. The Bertz CT molecular complexity index is 1840. The van der Waals surface area contributed by atoms with Gasteiger partial charge in [0.2, 0.25) is 0 Å². The minimum atomic E-state index is -1.68. The molecule has 0 aromatic heterocycles. The zero-order valence-electron chi connectivity index (χ0n) is 41.1. The Labute approximate surface area is 395 Å². The number of carboxylic acids is 1. The second-order valence-electron chi connectivity index (χ2n) is 23.2. The average molecular weight is 952 g/mol. The molecule has 19 atom stereocenters. The van der Waals surface area contributed by atoms with Crippen LogP contribution in [0.5, 0.6) is 0 Å². The van der Waals surface area contributed by atoms with Crippen LogP contribution in [0.4, 0.5) is 0 Å². The molecular weight excluding hydrogens is 871 g/mol. The maximum atomic E-state index is 14.0. The SMILES string of the molecule is C=C(CCC(C)[C@H]1CCC2(C(=O)O)C3=C(CC[C@]12C)[C@@]1(C)CC[C@H](OC2OCC(O)C(OC4OCC(O)CC4O)C2OC2OC(CO)C(O)C(O)C2NOC(C)=O)C(C)(C)C1CC3)C(C)(C)C. The van der Waals surface area contributed by atoms with Gasteiger partial charge in [-0.05, 0) is 104 Å². The standard InChI is InChI=1S/C50H81NO16/c1-25(11-12-26(2)46(4,5)6)29-16-20-50(45(59)60)31-13-14-35-47(7,8)36(17-18-48(35,9)30(31)15-19-49(29,50)10)64-44-41(40(33(56)24-62-44)65-42-32(55)21-28(54)23-61-42)66-43-37(51-67-27(3)53)39(58)38(57)34(22-52)63-43/h25,28-29,32-44,51-52,54-58H,2,11-24H2,1,3-10H3,(H,59,60)/t25?,28?,29-,32?,33?,34?,35?,36+,37?,38?,39?,40?,41?,42?,43?,44?,48-,49-,50?/m1/s1. The van der Waals surface area contributed by atoms with E-state index in [0.717, 1.165) is 57.4 Å². The van der Waals surface area contributed by atoms with Crippen molar-refractivity contribution in [2.45, 2.75) is 213 Å². The summed E-state index contributed by atoms with van der Waals surface area (Å²) in [5, 5.41) is 76.0. The van der Waals surface area contributed by atoms with Crippen molar-refractivity contribution in [3.05, 3.63) is 23.3 Å². The largest absolute Gasteiger partial charge is 0.481 e. The third-order valence-corrected chi connectivity index (χ3v) is 18.0. The summed E-state index contributed by atoms with van der Waals surface area (Å²) in [6.07, 6.45) is -7.66. The molecule has 2 saturated carbocycles. The molecule has 7 rings (SSSR count). The van der Waals surface area contributed by atoms with Gasteiger partial charge >= 0.3 is 11.9 Å². The number of hydrogen-bond acceptors (Lipinski definition) is 16. The van der Waals surface area contributed by atoms with Crippen LogP contribution in [0.2, 0.25) is 0 Å². The van der Waals surface area contributed by atoms with Crippen LogP contribution in [-0.4, -0.2) is 147 Å². The quantitative estimate of drug-likeness (QED) is 0.0904. The highest BCUT2D eigenvalue weighted by Gasteiger charge is 2.68. The van der Waals surface area contributed by atoms with Gasteiger partial charge in [0.25, 0.3) is 0 Å². The van der Waals surface area contributed by atoms with E-state index in [1.807, 2.05) is 0 Å². The molecule has 7 aliphatic rings. The van der Waals surface area contributed by atoms with Gasteiger partial charge in [-0.15, -0.1) is 5.48 Å². The van der Waals surface area contributed by atoms with E-state index in [2.05, 4.69) is 67.4 Å². The number of fused-ring (bicyclic) bond motifs is 4. The fourth-order valence-corrected chi connectivity index (χ4v) is 14.0. The van der Waals surface area contributed by atoms with Gasteiger partial charge in [-0.1, -0.05) is 78.7 Å². The smallest absolute Gasteiger partial charge is 0.321 e. The summed E-state index contributed by atoms with van der Waals surface area (Å²) in [5.74, 6) is -0.736. The Hall–Kier alpha value is -2.10. The van der Waals surface area contributed by atoms with Gasteiger partial charge in [0.15, 0.2) is 18.9 Å². The lowest BCUT2D eigenvalue weighted by molar-refractivity contribution is -0.376. The summed E-state index contributed by atoms with van der Waals surface area (Å²) in [4.78, 5) is 30.8. The van der Waals surface area contributed by atoms with Crippen molar-refractivity contribution < 1.29 is 78.6 Å². The zero-order chi connectivity index (χ0) is 49.2. The highest BCUT2D eigenvalue weighted by atomic mass is 16.8. The second-order valence-corrected chi connectivity index (χ2v) is 23.2. The summed E-state index contributed by atoms with van der Waals surface area (Å²) in [5.41, 5.74) is 3.98. The number of carbonyl (C=O) groups excluding carboxylic acids is 1. The van der Waals surface area contributed by atoms with Gasteiger partial charge in [0.05, 0.1) is 37.4 Å². The molecule has 5 fully saturated rings. The lowest BCUT2D eigenvalue weighted by Gasteiger charge is -2.62. The Kier molecular flexibility index (Phi) is 15.6. The summed E-state index contributed by atoms with van der Waals surface area (Å²) in [7, 11) is 0. The van der Waals surface area contributed by atoms with Crippen LogP contribution in [0.25, 0.3) is 0 Å². The van der Waals surface area contributed by atoms with E-state index in [1.54, 1.807) is 0 Å². The first-order valence-electron chi connectivity index (χ1n) is 24.8. The van der Waals surface area contributed by atoms with Gasteiger partial charge in [0, 0.05) is 13.3 Å². The van der Waals surface area contributed by atoms with E-state index in [-0.39, 0.29) is 47.7 Å². The molecule has 0 bridgehead atoms. The number of nitrogens with one attached hydrogen (secondary N) is 1. The first-order chi connectivity index (χ1) is 31.3. The zero-order valence-corrected chi connectivity index (χ0v) is 41.1. The topological polar surface area (TPSA) is 252 Å². The third-order valence-electron chi connectivity index (χ3n) is 18.0. The van der Waals surface area contributed by atoms with E-state index >= 15 is 0 Å². The van der Waals surface area contributed by atoms with Crippen LogP contribution in [0.1, 0.15) is 133 Å². The molecule has 0 spiro atoms. The normalized spacial score (nSPS) is 44.8. The molecule has 17 heteroatoms. The van der Waals surface area contributed by atoms with Gasteiger partial charge in [-0.3, -0.25) is 9.59 Å². The number of aliphatic hydroxyl groups is 6. The van der Waals surface area contributed by atoms with E-state index in [9.17, 15) is 45.3 Å². The minimum Gasteiger partial charge on any atom is -0.481 e. The van der Waals surface area contributed by atoms with Crippen molar-refractivity contribution in [2.24, 2.45) is 44.8 Å². The van der Waals surface area contributed by atoms with Crippen molar-refractivity contribution in [3.63, 3.8) is 0 Å². The molecule has 3 saturated heterocycles. The molecule has 0 amide bonds. The minimum absolute atomic E-state index is 0.0263. The lowest BCUT2D eigenvalue weighted by atomic mass is 9.43. The van der Waals surface area contributed by atoms with Crippen LogP contribution in [0, 0.1) is 44.8 Å². The van der Waals surface area contributed by atoms with E-state index < -0.39 is 109 Å². The molecule has 3 heterocycles. The Morgan fingerprint density at radius 2 is 1.54 bits per heavy atom. The van der Waals surface area contributed by atoms with Crippen LogP contribution >= 0.6 is 0 Å². The number of aliphatic carboxylic acids is 1. The molecule has 0 aromatic carbocycles. The van der Waals surface area contributed by atoms with Gasteiger partial charge in [-0.25, -0.2) is 0 Å². The van der Waals surface area contributed by atoms with E-state index in [1.165, 1.54) is 11.1 Å². The fourth-order valence-electron chi connectivity index (χ4n) is 14.0. The van der Waals surface area contributed by atoms with E-state index in [4.69, 9.17) is 33.3 Å². The number of aliphatic hydroxyl groups excluding tert-OH is 6. The van der Waals surface area contributed by atoms with Crippen LogP contribution in [0.15, 0.2) is 23.3 Å². The Balaban J connectivity index is 1.16.